The van der Waals surface area contributed by atoms with Gasteiger partial charge in [0.05, 0.1) is 0 Å². The molecule has 1 aromatic heterocycles. The number of nitrogens with zero attached hydrogens (tertiary/aromatic N) is 1. The molecule has 0 atom stereocenters. The number of H-pyrrole nitrogens is 1. The minimum Gasteiger partial charge on any atom is -0.322 e. The van der Waals surface area contributed by atoms with Crippen molar-refractivity contribution in [1.82, 2.24) is 9.55 Å². The molecule has 0 saturated heterocycles. The normalized spacial score (nSPS) is 17.2. The zero-order valence-electron chi connectivity index (χ0n) is 9.77. The Morgan fingerprint density at radius 2 is 2.06 bits per heavy atom. The van der Waals surface area contributed by atoms with E-state index >= 15 is 0 Å². The van der Waals surface area contributed by atoms with Gasteiger partial charge in [0.2, 0.25) is 0 Å². The molecule has 1 aliphatic carbocycles. The van der Waals surface area contributed by atoms with Gasteiger partial charge < -0.3 is 4.98 Å². The first-order valence-electron chi connectivity index (χ1n) is 5.33. The lowest BCUT2D eigenvalue weighted by molar-refractivity contribution is 0.714. The van der Waals surface area contributed by atoms with Crippen LogP contribution < -0.4 is 11.0 Å². The Morgan fingerprint density at radius 3 is 2.56 bits per heavy atom. The molecule has 1 heterocycles. The molecule has 2 rings (SSSR count). The average Bonchev–Trinajstić information content (AvgIpc) is 2.95. The number of hydrogen-bond acceptors (Lipinski definition) is 3. The van der Waals surface area contributed by atoms with Crippen molar-refractivity contribution in [1.29, 1.82) is 10.8 Å². The fraction of sp³-hybridized carbons (Fsp3) is 0.545. The zero-order valence-corrected chi connectivity index (χ0v) is 9.77. The molecule has 0 bridgehead atoms. The Balaban J connectivity index is 0.00000144. The summed E-state index contributed by atoms with van der Waals surface area (Å²) in [5.41, 5.74) is 0.752. The summed E-state index contributed by atoms with van der Waals surface area (Å²) in [5.74, 6) is 0.365. The maximum atomic E-state index is 11.5. The molecule has 3 N–H and O–H groups in total. The van der Waals surface area contributed by atoms with Gasteiger partial charge in [-0.15, -0.1) is 0 Å². The largest absolute Gasteiger partial charge is 0.322 e. The standard InChI is InChI=1S/C11H16N4O.H2/c1-6-7(2)15(8(12)9(16)14-6)10(13)11(3)4-5-11;/h12-13H,4-5H2,1-3H3,(H,14,16);1H. The van der Waals surface area contributed by atoms with Crippen LogP contribution in [0.1, 0.15) is 32.6 Å². The molecular formula is C11H18N4O. The van der Waals surface area contributed by atoms with Gasteiger partial charge in [-0.3, -0.25) is 20.2 Å². The summed E-state index contributed by atoms with van der Waals surface area (Å²) in [6, 6.07) is 0. The topological polar surface area (TPSA) is 85.5 Å². The first-order chi connectivity index (χ1) is 7.37. The SMILES string of the molecule is Cc1[nH]c(=O)c(=N)n(C(=N)C2(C)CC2)c1C.[HH]. The van der Waals surface area contributed by atoms with Gasteiger partial charge in [0, 0.05) is 18.2 Å². The third-order valence-electron chi connectivity index (χ3n) is 3.41. The van der Waals surface area contributed by atoms with Crippen molar-refractivity contribution in [3.8, 4) is 0 Å². The van der Waals surface area contributed by atoms with Gasteiger partial charge in [0.15, 0.2) is 5.49 Å². The summed E-state index contributed by atoms with van der Waals surface area (Å²) in [6.45, 7) is 5.61. The van der Waals surface area contributed by atoms with Gasteiger partial charge in [-0.1, -0.05) is 6.92 Å². The van der Waals surface area contributed by atoms with Crippen molar-refractivity contribution in [2.24, 2.45) is 5.41 Å². The second-order valence-corrected chi connectivity index (χ2v) is 4.76. The highest BCUT2D eigenvalue weighted by Gasteiger charge is 2.43. The highest BCUT2D eigenvalue weighted by atomic mass is 16.1. The van der Waals surface area contributed by atoms with Crippen molar-refractivity contribution in [2.45, 2.75) is 33.6 Å². The predicted octanol–water partition coefficient (Wildman–Crippen LogP) is 1.14. The van der Waals surface area contributed by atoms with E-state index in [0.717, 1.165) is 24.2 Å². The Bertz CT molecular complexity index is 580. The molecule has 1 aromatic rings. The van der Waals surface area contributed by atoms with Gasteiger partial charge in [-0.2, -0.15) is 0 Å². The van der Waals surface area contributed by atoms with Crippen molar-refractivity contribution in [2.75, 3.05) is 0 Å². The lowest BCUT2D eigenvalue weighted by atomic mass is 10.1. The van der Waals surface area contributed by atoms with Crippen LogP contribution in [0.3, 0.4) is 0 Å². The molecule has 0 spiro atoms. The maximum absolute atomic E-state index is 11.5. The highest BCUT2D eigenvalue weighted by molar-refractivity contribution is 5.89. The molecule has 0 aromatic carbocycles. The minimum atomic E-state index is -0.433. The van der Waals surface area contributed by atoms with E-state index in [0.29, 0.717) is 5.84 Å². The number of rotatable bonds is 1. The predicted molar refractivity (Wildman–Crippen MR) is 63.0 cm³/mol. The molecule has 5 nitrogen and oxygen atoms in total. The maximum Gasteiger partial charge on any atom is 0.291 e. The van der Waals surface area contributed by atoms with Crippen LogP contribution >= 0.6 is 0 Å². The van der Waals surface area contributed by atoms with Crippen molar-refractivity contribution in [3.05, 3.63) is 27.2 Å². The van der Waals surface area contributed by atoms with E-state index in [1.165, 1.54) is 4.57 Å². The summed E-state index contributed by atoms with van der Waals surface area (Å²) in [4.78, 5) is 14.1. The van der Waals surface area contributed by atoms with E-state index in [1.54, 1.807) is 6.92 Å². The van der Waals surface area contributed by atoms with Crippen LogP contribution in [0.25, 0.3) is 0 Å². The molecule has 1 aliphatic rings. The fourth-order valence-corrected chi connectivity index (χ4v) is 1.73. The Labute approximate surface area is 94.6 Å². The second kappa shape index (κ2) is 3.17. The molecule has 0 aliphatic heterocycles. The van der Waals surface area contributed by atoms with E-state index in [9.17, 15) is 4.79 Å². The minimum absolute atomic E-state index is 0. The molecule has 0 radical (unpaired) electrons. The van der Waals surface area contributed by atoms with Gasteiger partial charge in [0.25, 0.3) is 5.56 Å². The number of hydrogen-bond donors (Lipinski definition) is 3. The number of aromatic nitrogens is 2. The molecule has 5 heteroatoms. The number of nitrogens with one attached hydrogen (secondary N) is 3. The number of aromatic amines is 1. The zero-order chi connectivity index (χ0) is 12.1. The van der Waals surface area contributed by atoms with E-state index in [2.05, 4.69) is 4.98 Å². The van der Waals surface area contributed by atoms with Gasteiger partial charge in [0.1, 0.15) is 5.84 Å². The van der Waals surface area contributed by atoms with Crippen LogP contribution in [0.4, 0.5) is 0 Å². The molecule has 16 heavy (non-hydrogen) atoms. The van der Waals surface area contributed by atoms with Gasteiger partial charge >= 0.3 is 0 Å². The van der Waals surface area contributed by atoms with Crippen molar-refractivity contribution in [3.63, 3.8) is 0 Å². The molecule has 1 fully saturated rings. The molecule has 1 saturated carbocycles. The summed E-state index contributed by atoms with van der Waals surface area (Å²) in [6.07, 6.45) is 1.92. The van der Waals surface area contributed by atoms with Crippen molar-refractivity contribution >= 4 is 5.84 Å². The summed E-state index contributed by atoms with van der Waals surface area (Å²) >= 11 is 0. The van der Waals surface area contributed by atoms with E-state index in [1.807, 2.05) is 13.8 Å². The second-order valence-electron chi connectivity index (χ2n) is 4.76. The van der Waals surface area contributed by atoms with Crippen LogP contribution in [0.5, 0.6) is 0 Å². The first-order valence-corrected chi connectivity index (χ1v) is 5.33. The Morgan fingerprint density at radius 1 is 1.50 bits per heavy atom. The lowest BCUT2D eigenvalue weighted by Crippen LogP contribution is -2.43. The fourth-order valence-electron chi connectivity index (χ4n) is 1.73. The van der Waals surface area contributed by atoms with Crippen LogP contribution in [0.15, 0.2) is 4.79 Å². The molecular weight excluding hydrogens is 204 g/mol. The highest BCUT2D eigenvalue weighted by Crippen LogP contribution is 2.46. The summed E-state index contributed by atoms with van der Waals surface area (Å²) in [5, 5.41) is 15.9. The van der Waals surface area contributed by atoms with E-state index in [-0.39, 0.29) is 12.3 Å². The third kappa shape index (κ3) is 1.43. The molecule has 0 unspecified atom stereocenters. The third-order valence-corrected chi connectivity index (χ3v) is 3.41. The van der Waals surface area contributed by atoms with Gasteiger partial charge in [-0.05, 0) is 26.7 Å². The molecule has 88 valence electrons. The first kappa shape index (κ1) is 10.9. The quantitative estimate of drug-likeness (QED) is 0.483. The summed E-state index contributed by atoms with van der Waals surface area (Å²) in [7, 11) is 0. The van der Waals surface area contributed by atoms with Crippen LogP contribution in [0.2, 0.25) is 0 Å². The average molecular weight is 222 g/mol. The Hall–Kier alpha value is -1.65. The van der Waals surface area contributed by atoms with Crippen LogP contribution in [-0.2, 0) is 0 Å². The van der Waals surface area contributed by atoms with E-state index in [4.69, 9.17) is 10.8 Å². The smallest absolute Gasteiger partial charge is 0.291 e. The summed E-state index contributed by atoms with van der Waals surface area (Å²) < 4.78 is 1.46. The lowest BCUT2D eigenvalue weighted by Gasteiger charge is -2.17. The van der Waals surface area contributed by atoms with Gasteiger partial charge in [-0.25, -0.2) is 0 Å². The monoisotopic (exact) mass is 222 g/mol. The van der Waals surface area contributed by atoms with Crippen molar-refractivity contribution < 1.29 is 1.43 Å². The molecule has 0 amide bonds. The Kier molecular flexibility index (Phi) is 2.15. The number of aryl methyl sites for hydroxylation is 1. The van der Waals surface area contributed by atoms with Crippen LogP contribution in [-0.4, -0.2) is 15.4 Å². The van der Waals surface area contributed by atoms with E-state index < -0.39 is 5.56 Å². The van der Waals surface area contributed by atoms with Crippen LogP contribution in [0, 0.1) is 30.1 Å².